The Morgan fingerprint density at radius 1 is 1.35 bits per heavy atom. The highest BCUT2D eigenvalue weighted by atomic mass is 16.5. The Kier molecular flexibility index (Phi) is 3.10. The Hall–Kier alpha value is -2.28. The van der Waals surface area contributed by atoms with Crippen molar-refractivity contribution in [2.75, 3.05) is 13.7 Å². The van der Waals surface area contributed by atoms with E-state index in [2.05, 4.69) is 11.1 Å². The summed E-state index contributed by atoms with van der Waals surface area (Å²) in [5, 5.41) is 9.89. The SMILES string of the molecule is CCOc1nc2ccc(OC)cc2cc1C#N. The highest BCUT2D eigenvalue weighted by Gasteiger charge is 2.08. The first-order chi connectivity index (χ1) is 8.28. The summed E-state index contributed by atoms with van der Waals surface area (Å²) in [5.41, 5.74) is 1.22. The van der Waals surface area contributed by atoms with Crippen LogP contribution in [-0.4, -0.2) is 18.7 Å². The number of nitriles is 1. The molecule has 0 fully saturated rings. The van der Waals surface area contributed by atoms with Crippen molar-refractivity contribution in [3.8, 4) is 17.7 Å². The molecule has 0 aliphatic rings. The van der Waals surface area contributed by atoms with E-state index in [0.717, 1.165) is 16.7 Å². The fraction of sp³-hybridized carbons (Fsp3) is 0.231. The maximum Gasteiger partial charge on any atom is 0.232 e. The van der Waals surface area contributed by atoms with E-state index in [9.17, 15) is 0 Å². The molecule has 0 aliphatic carbocycles. The molecule has 1 aromatic heterocycles. The lowest BCUT2D eigenvalue weighted by Crippen LogP contribution is -1.98. The van der Waals surface area contributed by atoms with Crippen molar-refractivity contribution >= 4 is 10.9 Å². The van der Waals surface area contributed by atoms with E-state index >= 15 is 0 Å². The molecule has 0 saturated heterocycles. The van der Waals surface area contributed by atoms with Crippen molar-refractivity contribution in [3.05, 3.63) is 29.8 Å². The van der Waals surface area contributed by atoms with Crippen LogP contribution in [0.15, 0.2) is 24.3 Å². The molecule has 0 amide bonds. The zero-order valence-electron chi connectivity index (χ0n) is 9.73. The van der Waals surface area contributed by atoms with Gasteiger partial charge < -0.3 is 9.47 Å². The first kappa shape index (κ1) is 11.2. The van der Waals surface area contributed by atoms with E-state index in [-0.39, 0.29) is 0 Å². The minimum atomic E-state index is 0.382. The predicted molar refractivity (Wildman–Crippen MR) is 64.2 cm³/mol. The maximum atomic E-state index is 9.03. The second-order valence-electron chi connectivity index (χ2n) is 3.44. The highest BCUT2D eigenvalue weighted by Crippen LogP contribution is 2.25. The molecule has 0 unspecified atom stereocenters. The third kappa shape index (κ3) is 2.13. The molecule has 0 radical (unpaired) electrons. The lowest BCUT2D eigenvalue weighted by Gasteiger charge is -2.07. The summed E-state index contributed by atoms with van der Waals surface area (Å²) in [7, 11) is 1.61. The molecular formula is C13H12N2O2. The Morgan fingerprint density at radius 2 is 2.18 bits per heavy atom. The van der Waals surface area contributed by atoms with Gasteiger partial charge in [-0.3, -0.25) is 0 Å². The van der Waals surface area contributed by atoms with Gasteiger partial charge in [-0.05, 0) is 31.2 Å². The molecule has 4 heteroatoms. The number of fused-ring (bicyclic) bond motifs is 1. The predicted octanol–water partition coefficient (Wildman–Crippen LogP) is 2.51. The van der Waals surface area contributed by atoms with E-state index in [4.69, 9.17) is 14.7 Å². The number of aromatic nitrogens is 1. The molecule has 0 atom stereocenters. The molecule has 0 spiro atoms. The van der Waals surface area contributed by atoms with Gasteiger partial charge in [0.1, 0.15) is 17.4 Å². The highest BCUT2D eigenvalue weighted by molar-refractivity contribution is 5.82. The molecule has 1 aromatic carbocycles. The van der Waals surface area contributed by atoms with Gasteiger partial charge in [0, 0.05) is 5.39 Å². The summed E-state index contributed by atoms with van der Waals surface area (Å²) < 4.78 is 10.5. The van der Waals surface area contributed by atoms with Crippen molar-refractivity contribution in [2.24, 2.45) is 0 Å². The van der Waals surface area contributed by atoms with E-state index < -0.39 is 0 Å². The molecule has 4 nitrogen and oxygen atoms in total. The minimum absolute atomic E-state index is 0.382. The van der Waals surface area contributed by atoms with E-state index in [1.54, 1.807) is 13.2 Å². The lowest BCUT2D eigenvalue weighted by atomic mass is 10.1. The van der Waals surface area contributed by atoms with Gasteiger partial charge >= 0.3 is 0 Å². The topological polar surface area (TPSA) is 55.1 Å². The minimum Gasteiger partial charge on any atom is -0.497 e. The molecule has 2 rings (SSSR count). The van der Waals surface area contributed by atoms with Crippen LogP contribution >= 0.6 is 0 Å². The van der Waals surface area contributed by atoms with Crippen molar-refractivity contribution in [2.45, 2.75) is 6.92 Å². The second kappa shape index (κ2) is 4.71. The molecule has 2 aromatic rings. The number of pyridine rings is 1. The Balaban J connectivity index is 2.61. The van der Waals surface area contributed by atoms with Crippen molar-refractivity contribution in [1.29, 1.82) is 5.26 Å². The summed E-state index contributed by atoms with van der Waals surface area (Å²) in [6, 6.07) is 9.36. The monoisotopic (exact) mass is 228 g/mol. The van der Waals surface area contributed by atoms with Crippen LogP contribution < -0.4 is 9.47 Å². The first-order valence-corrected chi connectivity index (χ1v) is 5.30. The van der Waals surface area contributed by atoms with Gasteiger partial charge in [-0.1, -0.05) is 0 Å². The van der Waals surface area contributed by atoms with Gasteiger partial charge in [0.05, 0.1) is 19.2 Å². The van der Waals surface area contributed by atoms with E-state index in [0.29, 0.717) is 18.1 Å². The van der Waals surface area contributed by atoms with Crippen LogP contribution in [0.5, 0.6) is 11.6 Å². The third-order valence-corrected chi connectivity index (χ3v) is 2.39. The summed E-state index contributed by atoms with van der Waals surface area (Å²) in [6.45, 7) is 2.35. The van der Waals surface area contributed by atoms with E-state index in [1.807, 2.05) is 25.1 Å². The molecule has 0 N–H and O–H groups in total. The fourth-order valence-corrected chi connectivity index (χ4v) is 1.59. The fourth-order valence-electron chi connectivity index (χ4n) is 1.59. The average Bonchev–Trinajstić information content (AvgIpc) is 2.37. The first-order valence-electron chi connectivity index (χ1n) is 5.30. The third-order valence-electron chi connectivity index (χ3n) is 2.39. The van der Waals surface area contributed by atoms with Crippen LogP contribution in [-0.2, 0) is 0 Å². The molecule has 1 heterocycles. The molecule has 17 heavy (non-hydrogen) atoms. The van der Waals surface area contributed by atoms with Crippen molar-refractivity contribution in [3.63, 3.8) is 0 Å². The molecule has 0 aliphatic heterocycles. The van der Waals surface area contributed by atoms with Crippen LogP contribution in [0.4, 0.5) is 0 Å². The van der Waals surface area contributed by atoms with Crippen LogP contribution in [0.1, 0.15) is 12.5 Å². The zero-order chi connectivity index (χ0) is 12.3. The van der Waals surface area contributed by atoms with Crippen LogP contribution in [0.2, 0.25) is 0 Å². The summed E-state index contributed by atoms with van der Waals surface area (Å²) >= 11 is 0. The van der Waals surface area contributed by atoms with Crippen LogP contribution in [0.3, 0.4) is 0 Å². The normalized spacial score (nSPS) is 9.94. The number of methoxy groups -OCH3 is 1. The number of rotatable bonds is 3. The summed E-state index contributed by atoms with van der Waals surface area (Å²) in [4.78, 5) is 4.31. The van der Waals surface area contributed by atoms with Gasteiger partial charge in [0.15, 0.2) is 0 Å². The quantitative estimate of drug-likeness (QED) is 0.810. The van der Waals surface area contributed by atoms with Gasteiger partial charge in [-0.15, -0.1) is 0 Å². The van der Waals surface area contributed by atoms with Gasteiger partial charge in [-0.25, -0.2) is 4.98 Å². The zero-order valence-corrected chi connectivity index (χ0v) is 9.73. The number of nitrogens with zero attached hydrogens (tertiary/aromatic N) is 2. The summed E-state index contributed by atoms with van der Waals surface area (Å²) in [6.07, 6.45) is 0. The van der Waals surface area contributed by atoms with E-state index in [1.165, 1.54) is 0 Å². The maximum absolute atomic E-state index is 9.03. The van der Waals surface area contributed by atoms with Gasteiger partial charge in [-0.2, -0.15) is 5.26 Å². The van der Waals surface area contributed by atoms with Crippen LogP contribution in [0.25, 0.3) is 10.9 Å². The number of benzene rings is 1. The van der Waals surface area contributed by atoms with Crippen LogP contribution in [0, 0.1) is 11.3 Å². The molecule has 86 valence electrons. The smallest absolute Gasteiger partial charge is 0.232 e. The Morgan fingerprint density at radius 3 is 2.82 bits per heavy atom. The lowest BCUT2D eigenvalue weighted by molar-refractivity contribution is 0.327. The Bertz CT molecular complexity index is 588. The Labute approximate surface area is 99.4 Å². The van der Waals surface area contributed by atoms with Gasteiger partial charge in [0.25, 0.3) is 0 Å². The number of hydrogen-bond donors (Lipinski definition) is 0. The largest absolute Gasteiger partial charge is 0.497 e. The second-order valence-corrected chi connectivity index (χ2v) is 3.44. The van der Waals surface area contributed by atoms with Crippen molar-refractivity contribution < 1.29 is 9.47 Å². The molecular weight excluding hydrogens is 216 g/mol. The number of ether oxygens (including phenoxy) is 2. The summed E-state index contributed by atoms with van der Waals surface area (Å²) in [5.74, 6) is 1.13. The molecule has 0 bridgehead atoms. The molecule has 0 saturated carbocycles. The van der Waals surface area contributed by atoms with Crippen molar-refractivity contribution in [1.82, 2.24) is 4.98 Å². The van der Waals surface area contributed by atoms with Gasteiger partial charge in [0.2, 0.25) is 5.88 Å². The average molecular weight is 228 g/mol. The standard InChI is InChI=1S/C13H12N2O2/c1-3-17-13-10(8-14)6-9-7-11(16-2)4-5-12(9)15-13/h4-7H,3H2,1-2H3. The number of hydrogen-bond acceptors (Lipinski definition) is 4.